The number of hydrogen-bond donors (Lipinski definition) is 2. The highest BCUT2D eigenvalue weighted by molar-refractivity contribution is 7.99. The Hall–Kier alpha value is -0.630. The predicted octanol–water partition coefficient (Wildman–Crippen LogP) is 2.24. The quantitative estimate of drug-likeness (QED) is 0.867. The molecule has 2 atom stereocenters. The summed E-state index contributed by atoms with van der Waals surface area (Å²) in [5.74, 6) is -0.740. The highest BCUT2D eigenvalue weighted by atomic mass is 32.2. The third kappa shape index (κ3) is 3.97. The van der Waals surface area contributed by atoms with E-state index in [0.717, 1.165) is 31.7 Å². The Morgan fingerprint density at radius 1 is 1.38 bits per heavy atom. The molecule has 0 heterocycles. The molecule has 0 aliphatic heterocycles. The lowest BCUT2D eigenvalue weighted by Crippen LogP contribution is -2.43. The number of benzene rings is 1. The summed E-state index contributed by atoms with van der Waals surface area (Å²) >= 11 is 1.66. The first-order valence-electron chi connectivity index (χ1n) is 7.01. The summed E-state index contributed by atoms with van der Waals surface area (Å²) in [4.78, 5) is -0.309. The summed E-state index contributed by atoms with van der Waals surface area (Å²) < 4.78 is 41.4. The Bertz CT molecular complexity index is 593. The van der Waals surface area contributed by atoms with Gasteiger partial charge in [-0.05, 0) is 36.8 Å². The van der Waals surface area contributed by atoms with Crippen molar-refractivity contribution >= 4 is 21.8 Å². The van der Waals surface area contributed by atoms with E-state index < -0.39 is 15.8 Å². The topological polar surface area (TPSA) is 72.2 Å². The van der Waals surface area contributed by atoms with Crippen LogP contribution >= 0.6 is 11.8 Å². The minimum absolute atomic E-state index is 0.139. The molecule has 2 unspecified atom stereocenters. The van der Waals surface area contributed by atoms with Crippen molar-refractivity contribution in [2.24, 2.45) is 5.73 Å². The third-order valence-corrected chi connectivity index (χ3v) is 6.51. The van der Waals surface area contributed by atoms with Gasteiger partial charge in [-0.1, -0.05) is 18.9 Å². The van der Waals surface area contributed by atoms with E-state index in [1.807, 2.05) is 6.26 Å². The number of nitrogens with one attached hydrogen (secondary N) is 1. The van der Waals surface area contributed by atoms with Crippen LogP contribution in [0.3, 0.4) is 0 Å². The SMILES string of the molecule is CSC1CCCCC1NS(=O)(=O)c1cc(CN)ccc1F. The van der Waals surface area contributed by atoms with Crippen molar-refractivity contribution < 1.29 is 12.8 Å². The number of halogens is 1. The standard InChI is InChI=1S/C14H21FN2O2S2/c1-20-13-5-3-2-4-12(13)17-21(18,19)14-8-10(9-16)6-7-11(14)15/h6-8,12-13,17H,2-5,9,16H2,1H3. The molecule has 0 bridgehead atoms. The predicted molar refractivity (Wildman–Crippen MR) is 84.2 cm³/mol. The van der Waals surface area contributed by atoms with E-state index in [1.54, 1.807) is 11.8 Å². The second kappa shape index (κ2) is 7.09. The first kappa shape index (κ1) is 16.7. The molecule has 1 aliphatic carbocycles. The van der Waals surface area contributed by atoms with Gasteiger partial charge in [0.15, 0.2) is 0 Å². The summed E-state index contributed by atoms with van der Waals surface area (Å²) in [6.07, 6.45) is 5.87. The second-order valence-electron chi connectivity index (χ2n) is 5.26. The maximum atomic E-state index is 13.9. The zero-order valence-corrected chi connectivity index (χ0v) is 13.6. The van der Waals surface area contributed by atoms with Crippen LogP contribution in [0, 0.1) is 5.82 Å². The lowest BCUT2D eigenvalue weighted by Gasteiger charge is -2.30. The van der Waals surface area contributed by atoms with Crippen molar-refractivity contribution in [2.75, 3.05) is 6.26 Å². The lowest BCUT2D eigenvalue weighted by atomic mass is 9.96. The monoisotopic (exact) mass is 332 g/mol. The number of nitrogens with two attached hydrogens (primary N) is 1. The summed E-state index contributed by atoms with van der Waals surface area (Å²) in [5.41, 5.74) is 6.10. The summed E-state index contributed by atoms with van der Waals surface area (Å²) in [6, 6.07) is 3.83. The van der Waals surface area contributed by atoms with Crippen molar-refractivity contribution in [2.45, 2.75) is 48.4 Å². The first-order valence-corrected chi connectivity index (χ1v) is 9.78. The average molecular weight is 332 g/mol. The van der Waals surface area contributed by atoms with Crippen molar-refractivity contribution in [3.05, 3.63) is 29.6 Å². The zero-order chi connectivity index (χ0) is 15.5. The normalized spacial score (nSPS) is 23.2. The van der Waals surface area contributed by atoms with E-state index in [4.69, 9.17) is 5.73 Å². The van der Waals surface area contributed by atoms with Crippen LogP contribution in [-0.2, 0) is 16.6 Å². The molecule has 0 radical (unpaired) electrons. The Morgan fingerprint density at radius 3 is 2.76 bits per heavy atom. The van der Waals surface area contributed by atoms with E-state index in [-0.39, 0.29) is 22.7 Å². The molecule has 0 spiro atoms. The molecule has 1 aliphatic rings. The van der Waals surface area contributed by atoms with Crippen molar-refractivity contribution in [1.82, 2.24) is 4.72 Å². The largest absolute Gasteiger partial charge is 0.326 e. The average Bonchev–Trinajstić information content (AvgIpc) is 2.47. The van der Waals surface area contributed by atoms with Crippen LogP contribution in [0.2, 0.25) is 0 Å². The Morgan fingerprint density at radius 2 is 2.10 bits per heavy atom. The molecule has 21 heavy (non-hydrogen) atoms. The second-order valence-corrected chi connectivity index (χ2v) is 8.01. The molecule has 1 aromatic carbocycles. The van der Waals surface area contributed by atoms with Crippen LogP contribution in [0.1, 0.15) is 31.2 Å². The van der Waals surface area contributed by atoms with E-state index in [9.17, 15) is 12.8 Å². The fourth-order valence-electron chi connectivity index (χ4n) is 2.66. The molecule has 7 heteroatoms. The highest BCUT2D eigenvalue weighted by Gasteiger charge is 2.30. The Kier molecular flexibility index (Phi) is 5.65. The minimum Gasteiger partial charge on any atom is -0.326 e. The maximum Gasteiger partial charge on any atom is 0.243 e. The van der Waals surface area contributed by atoms with E-state index in [0.29, 0.717) is 5.56 Å². The van der Waals surface area contributed by atoms with Gasteiger partial charge in [0, 0.05) is 17.8 Å². The smallest absolute Gasteiger partial charge is 0.243 e. The minimum atomic E-state index is -3.86. The van der Waals surface area contributed by atoms with E-state index in [1.165, 1.54) is 12.1 Å². The van der Waals surface area contributed by atoms with Crippen molar-refractivity contribution in [3.63, 3.8) is 0 Å². The van der Waals surface area contributed by atoms with Gasteiger partial charge in [0.05, 0.1) is 0 Å². The molecule has 4 nitrogen and oxygen atoms in total. The van der Waals surface area contributed by atoms with Gasteiger partial charge in [0.1, 0.15) is 10.7 Å². The third-order valence-electron chi connectivity index (χ3n) is 3.83. The molecule has 0 amide bonds. The van der Waals surface area contributed by atoms with E-state index >= 15 is 0 Å². The van der Waals surface area contributed by atoms with Crippen molar-refractivity contribution in [3.8, 4) is 0 Å². The van der Waals surface area contributed by atoms with Crippen LogP contribution in [0.15, 0.2) is 23.1 Å². The fraction of sp³-hybridized carbons (Fsp3) is 0.571. The van der Waals surface area contributed by atoms with Crippen LogP contribution in [-0.4, -0.2) is 26.0 Å². The maximum absolute atomic E-state index is 13.9. The fourth-order valence-corrected chi connectivity index (χ4v) is 5.12. The molecule has 1 aromatic rings. The Labute approximate surface area is 129 Å². The molecule has 3 N–H and O–H groups in total. The van der Waals surface area contributed by atoms with Crippen LogP contribution < -0.4 is 10.5 Å². The van der Waals surface area contributed by atoms with Gasteiger partial charge in [-0.2, -0.15) is 11.8 Å². The Balaban J connectivity index is 2.25. The number of sulfonamides is 1. The molecule has 2 rings (SSSR count). The summed E-state index contributed by atoms with van der Waals surface area (Å²) in [6.45, 7) is 0.180. The van der Waals surface area contributed by atoms with Gasteiger partial charge in [-0.15, -0.1) is 0 Å². The highest BCUT2D eigenvalue weighted by Crippen LogP contribution is 2.28. The van der Waals surface area contributed by atoms with Gasteiger partial charge in [0.2, 0.25) is 10.0 Å². The summed E-state index contributed by atoms with van der Waals surface area (Å²) in [5, 5.41) is 0.245. The van der Waals surface area contributed by atoms with E-state index in [2.05, 4.69) is 4.72 Å². The number of hydrogen-bond acceptors (Lipinski definition) is 4. The van der Waals surface area contributed by atoms with Crippen LogP contribution in [0.4, 0.5) is 4.39 Å². The molecule has 0 aromatic heterocycles. The lowest BCUT2D eigenvalue weighted by molar-refractivity contribution is 0.422. The van der Waals surface area contributed by atoms with Gasteiger partial charge < -0.3 is 5.73 Å². The van der Waals surface area contributed by atoms with Gasteiger partial charge in [0.25, 0.3) is 0 Å². The molecule has 0 saturated heterocycles. The molecular weight excluding hydrogens is 311 g/mol. The van der Waals surface area contributed by atoms with Gasteiger partial charge >= 0.3 is 0 Å². The summed E-state index contributed by atoms with van der Waals surface area (Å²) in [7, 11) is -3.86. The molecular formula is C14H21FN2O2S2. The number of thioether (sulfide) groups is 1. The first-order chi connectivity index (χ1) is 9.97. The van der Waals surface area contributed by atoms with Crippen LogP contribution in [0.25, 0.3) is 0 Å². The van der Waals surface area contributed by atoms with Gasteiger partial charge in [-0.3, -0.25) is 0 Å². The molecule has 1 fully saturated rings. The number of rotatable bonds is 5. The molecule has 118 valence electrons. The van der Waals surface area contributed by atoms with Crippen molar-refractivity contribution in [1.29, 1.82) is 0 Å². The van der Waals surface area contributed by atoms with Crippen LogP contribution in [0.5, 0.6) is 0 Å². The zero-order valence-electron chi connectivity index (χ0n) is 12.0. The molecule has 1 saturated carbocycles. The van der Waals surface area contributed by atoms with Gasteiger partial charge in [-0.25, -0.2) is 17.5 Å².